The number of nitrogens with zero attached hydrogens (tertiary/aromatic N) is 2. The van der Waals surface area contributed by atoms with Gasteiger partial charge in [0.25, 0.3) is 5.91 Å². The Bertz CT molecular complexity index is 1080. The zero-order chi connectivity index (χ0) is 19.5. The predicted molar refractivity (Wildman–Crippen MR) is 111 cm³/mol. The molecule has 0 spiro atoms. The van der Waals surface area contributed by atoms with Crippen molar-refractivity contribution in [3.8, 4) is 16.9 Å². The van der Waals surface area contributed by atoms with Crippen molar-refractivity contribution < 1.29 is 4.79 Å². The van der Waals surface area contributed by atoms with Crippen LogP contribution in [0.1, 0.15) is 29.0 Å². The van der Waals surface area contributed by atoms with Gasteiger partial charge in [0.2, 0.25) is 0 Å². The summed E-state index contributed by atoms with van der Waals surface area (Å²) in [6.07, 6.45) is 3.98. The molecule has 1 amide bonds. The molecule has 2 aromatic carbocycles. The van der Waals surface area contributed by atoms with Crippen molar-refractivity contribution in [2.45, 2.75) is 13.0 Å². The largest absolute Gasteiger partial charge is 0.344 e. The van der Waals surface area contributed by atoms with Gasteiger partial charge >= 0.3 is 0 Å². The van der Waals surface area contributed by atoms with Gasteiger partial charge in [0.05, 0.1) is 11.7 Å². The normalized spacial score (nSPS) is 11.9. The van der Waals surface area contributed by atoms with Crippen LogP contribution in [0.25, 0.3) is 16.9 Å². The van der Waals surface area contributed by atoms with Gasteiger partial charge in [-0.05, 0) is 55.0 Å². The maximum absolute atomic E-state index is 12.6. The summed E-state index contributed by atoms with van der Waals surface area (Å²) >= 11 is 5.92. The topological polar surface area (TPSA) is 62.7 Å². The lowest BCUT2D eigenvalue weighted by Gasteiger charge is -2.15. The second-order valence-corrected chi connectivity index (χ2v) is 6.99. The van der Waals surface area contributed by atoms with E-state index in [1.165, 1.54) is 0 Å². The molecule has 0 radical (unpaired) electrons. The number of halogens is 1. The van der Waals surface area contributed by atoms with Crippen LogP contribution in [0.15, 0.2) is 79.1 Å². The van der Waals surface area contributed by atoms with Crippen LogP contribution in [0.5, 0.6) is 0 Å². The summed E-state index contributed by atoms with van der Waals surface area (Å²) in [6, 6.07) is 21.0. The Morgan fingerprint density at radius 2 is 1.82 bits per heavy atom. The maximum Gasteiger partial charge on any atom is 0.269 e. The Hall–Kier alpha value is -3.31. The van der Waals surface area contributed by atoms with E-state index in [1.54, 1.807) is 18.2 Å². The minimum absolute atomic E-state index is 0.148. The van der Waals surface area contributed by atoms with Crippen LogP contribution in [-0.4, -0.2) is 20.7 Å². The summed E-state index contributed by atoms with van der Waals surface area (Å²) in [5.74, 6) is -0.202. The van der Waals surface area contributed by atoms with Crippen LogP contribution in [0.2, 0.25) is 5.02 Å². The van der Waals surface area contributed by atoms with Gasteiger partial charge in [-0.1, -0.05) is 35.9 Å². The summed E-state index contributed by atoms with van der Waals surface area (Å²) < 4.78 is 2.03. The number of carbonyl (C=O) groups is 1. The van der Waals surface area contributed by atoms with Gasteiger partial charge in [-0.15, -0.1) is 0 Å². The summed E-state index contributed by atoms with van der Waals surface area (Å²) in [5.41, 5.74) is 4.08. The van der Waals surface area contributed by atoms with Crippen LogP contribution in [0.4, 0.5) is 0 Å². The molecule has 140 valence electrons. The SMILES string of the molecule is CC(NC(=O)c1cc(-c2ccc(Cl)cc2)n[nH]1)c1cccc(-n2cccc2)c1. The van der Waals surface area contributed by atoms with E-state index in [4.69, 9.17) is 11.6 Å². The Morgan fingerprint density at radius 3 is 2.57 bits per heavy atom. The van der Waals surface area contributed by atoms with E-state index in [2.05, 4.69) is 21.6 Å². The van der Waals surface area contributed by atoms with Crippen LogP contribution < -0.4 is 5.32 Å². The molecule has 1 atom stereocenters. The highest BCUT2D eigenvalue weighted by molar-refractivity contribution is 6.30. The smallest absolute Gasteiger partial charge is 0.269 e. The van der Waals surface area contributed by atoms with Crippen molar-refractivity contribution >= 4 is 17.5 Å². The molecule has 0 fully saturated rings. The van der Waals surface area contributed by atoms with Crippen molar-refractivity contribution in [1.29, 1.82) is 0 Å². The summed E-state index contributed by atoms with van der Waals surface area (Å²) in [5, 5.41) is 10.7. The molecule has 0 aliphatic carbocycles. The molecule has 4 aromatic rings. The highest BCUT2D eigenvalue weighted by Gasteiger charge is 2.15. The third-order valence-electron chi connectivity index (χ3n) is 4.58. The number of rotatable bonds is 5. The number of aromatic amines is 1. The van der Waals surface area contributed by atoms with E-state index in [0.29, 0.717) is 16.4 Å². The summed E-state index contributed by atoms with van der Waals surface area (Å²) in [4.78, 5) is 12.6. The molecule has 6 heteroatoms. The fraction of sp³-hybridized carbons (Fsp3) is 0.0909. The molecule has 0 saturated heterocycles. The molecule has 2 aromatic heterocycles. The third-order valence-corrected chi connectivity index (χ3v) is 4.83. The number of hydrogen-bond donors (Lipinski definition) is 2. The Morgan fingerprint density at radius 1 is 1.07 bits per heavy atom. The van der Waals surface area contributed by atoms with Crippen LogP contribution >= 0.6 is 11.6 Å². The van der Waals surface area contributed by atoms with Crippen molar-refractivity contribution in [1.82, 2.24) is 20.1 Å². The van der Waals surface area contributed by atoms with Crippen molar-refractivity contribution in [3.63, 3.8) is 0 Å². The van der Waals surface area contributed by atoms with Crippen LogP contribution in [-0.2, 0) is 0 Å². The van der Waals surface area contributed by atoms with Gasteiger partial charge in [-0.2, -0.15) is 5.10 Å². The monoisotopic (exact) mass is 390 g/mol. The van der Waals surface area contributed by atoms with Crippen molar-refractivity contribution in [3.05, 3.63) is 95.4 Å². The van der Waals surface area contributed by atoms with E-state index in [-0.39, 0.29) is 11.9 Å². The fourth-order valence-electron chi connectivity index (χ4n) is 3.03. The highest BCUT2D eigenvalue weighted by atomic mass is 35.5. The van der Waals surface area contributed by atoms with Gasteiger partial charge in [-0.25, -0.2) is 0 Å². The first kappa shape index (κ1) is 18.1. The van der Waals surface area contributed by atoms with E-state index in [1.807, 2.05) is 66.3 Å². The first-order chi connectivity index (χ1) is 13.6. The van der Waals surface area contributed by atoms with Gasteiger partial charge in [0, 0.05) is 28.7 Å². The van der Waals surface area contributed by atoms with E-state index < -0.39 is 0 Å². The number of H-pyrrole nitrogens is 1. The Labute approximate surface area is 168 Å². The molecule has 2 N–H and O–H groups in total. The molecule has 0 aliphatic heterocycles. The van der Waals surface area contributed by atoms with Crippen molar-refractivity contribution in [2.24, 2.45) is 0 Å². The van der Waals surface area contributed by atoms with E-state index >= 15 is 0 Å². The minimum atomic E-state index is -0.202. The molecule has 0 saturated carbocycles. The first-order valence-electron chi connectivity index (χ1n) is 8.96. The number of benzene rings is 2. The molecular weight excluding hydrogens is 372 g/mol. The summed E-state index contributed by atoms with van der Waals surface area (Å²) in [6.45, 7) is 1.96. The molecule has 2 heterocycles. The number of nitrogens with one attached hydrogen (secondary N) is 2. The quantitative estimate of drug-likeness (QED) is 0.503. The van der Waals surface area contributed by atoms with Crippen molar-refractivity contribution in [2.75, 3.05) is 0 Å². The summed E-state index contributed by atoms with van der Waals surface area (Å²) in [7, 11) is 0. The van der Waals surface area contributed by atoms with Gasteiger partial charge < -0.3 is 9.88 Å². The standard InChI is InChI=1S/C22H19ClN4O/c1-15(17-5-4-6-19(13-17)27-11-2-3-12-27)24-22(28)21-14-20(25-26-21)16-7-9-18(23)10-8-16/h2-15H,1H3,(H,24,28)(H,25,26). The number of aromatic nitrogens is 3. The maximum atomic E-state index is 12.6. The lowest BCUT2D eigenvalue weighted by Crippen LogP contribution is -2.27. The number of amides is 1. The first-order valence-corrected chi connectivity index (χ1v) is 9.33. The molecule has 4 rings (SSSR count). The molecule has 0 bridgehead atoms. The average Bonchev–Trinajstić information content (AvgIpc) is 3.41. The number of carbonyl (C=O) groups excluding carboxylic acids is 1. The molecule has 1 unspecified atom stereocenters. The Balaban J connectivity index is 1.48. The molecule has 0 aliphatic rings. The predicted octanol–water partition coefficient (Wildman–Crippen LogP) is 5.01. The van der Waals surface area contributed by atoms with E-state index in [9.17, 15) is 4.79 Å². The van der Waals surface area contributed by atoms with E-state index in [0.717, 1.165) is 16.8 Å². The fourth-order valence-corrected chi connectivity index (χ4v) is 3.15. The van der Waals surface area contributed by atoms with Crippen LogP contribution in [0.3, 0.4) is 0 Å². The second kappa shape index (κ2) is 7.74. The zero-order valence-corrected chi connectivity index (χ0v) is 16.0. The van der Waals surface area contributed by atoms with Gasteiger partial charge in [-0.3, -0.25) is 9.89 Å². The second-order valence-electron chi connectivity index (χ2n) is 6.55. The highest BCUT2D eigenvalue weighted by Crippen LogP contribution is 2.21. The Kier molecular flexibility index (Phi) is 5.00. The molecule has 28 heavy (non-hydrogen) atoms. The third kappa shape index (κ3) is 3.85. The van der Waals surface area contributed by atoms with Gasteiger partial charge in [0.1, 0.15) is 5.69 Å². The van der Waals surface area contributed by atoms with Crippen LogP contribution in [0, 0.1) is 0 Å². The number of hydrogen-bond acceptors (Lipinski definition) is 2. The molecule has 5 nitrogen and oxygen atoms in total. The molecular formula is C22H19ClN4O. The average molecular weight is 391 g/mol. The zero-order valence-electron chi connectivity index (χ0n) is 15.3. The lowest BCUT2D eigenvalue weighted by molar-refractivity contribution is 0.0935. The minimum Gasteiger partial charge on any atom is -0.344 e. The van der Waals surface area contributed by atoms with Gasteiger partial charge in [0.15, 0.2) is 0 Å². The lowest BCUT2D eigenvalue weighted by atomic mass is 10.1.